The smallest absolute Gasteiger partial charge is 0.0218 e. The van der Waals surface area contributed by atoms with Crippen LogP contribution in [0.1, 0.15) is 32.1 Å². The summed E-state index contributed by atoms with van der Waals surface area (Å²) < 4.78 is 0. The Morgan fingerprint density at radius 3 is 1.64 bits per heavy atom. The second-order valence-corrected chi connectivity index (χ2v) is 3.43. The molecule has 0 heterocycles. The summed E-state index contributed by atoms with van der Waals surface area (Å²) in [4.78, 5) is 0. The van der Waals surface area contributed by atoms with Gasteiger partial charge in [-0.3, -0.25) is 0 Å². The molecule has 0 amide bonds. The third-order valence-corrected chi connectivity index (χ3v) is 2.76. The molecular weight excluding hydrogens is 136 g/mol. The highest BCUT2D eigenvalue weighted by molar-refractivity contribution is 4.82. The Bertz CT molecular complexity index is 91.7. The molecule has 1 aliphatic rings. The largest absolute Gasteiger partial charge is 0.315 e. The average Bonchev–Trinajstić information content (AvgIpc) is 2.27. The van der Waals surface area contributed by atoms with Crippen molar-refractivity contribution in [3.8, 4) is 0 Å². The SMILES string of the molecule is CN[C@@H]1CCCCC[C@H]1NC. The average molecular weight is 156 g/mol. The normalized spacial score (nSPS) is 33.3. The number of rotatable bonds is 2. The van der Waals surface area contributed by atoms with Crippen molar-refractivity contribution >= 4 is 0 Å². The summed E-state index contributed by atoms with van der Waals surface area (Å²) in [5.74, 6) is 0. The van der Waals surface area contributed by atoms with Crippen molar-refractivity contribution in [1.29, 1.82) is 0 Å². The zero-order chi connectivity index (χ0) is 8.10. The van der Waals surface area contributed by atoms with E-state index in [1.165, 1.54) is 32.1 Å². The molecule has 0 saturated heterocycles. The maximum absolute atomic E-state index is 3.38. The van der Waals surface area contributed by atoms with E-state index in [1.54, 1.807) is 0 Å². The van der Waals surface area contributed by atoms with Crippen LogP contribution in [0.4, 0.5) is 0 Å². The third kappa shape index (κ3) is 2.46. The van der Waals surface area contributed by atoms with E-state index in [-0.39, 0.29) is 0 Å². The van der Waals surface area contributed by atoms with Crippen molar-refractivity contribution in [2.24, 2.45) is 0 Å². The highest BCUT2D eigenvalue weighted by atomic mass is 15.0. The van der Waals surface area contributed by atoms with Crippen LogP contribution in [0.25, 0.3) is 0 Å². The molecule has 0 aromatic heterocycles. The Morgan fingerprint density at radius 1 is 0.818 bits per heavy atom. The molecule has 1 saturated carbocycles. The summed E-state index contributed by atoms with van der Waals surface area (Å²) in [6, 6.07) is 1.39. The minimum absolute atomic E-state index is 0.697. The zero-order valence-electron chi connectivity index (χ0n) is 7.69. The Morgan fingerprint density at radius 2 is 1.27 bits per heavy atom. The van der Waals surface area contributed by atoms with Gasteiger partial charge in [0.05, 0.1) is 0 Å². The van der Waals surface area contributed by atoms with Gasteiger partial charge in [0.1, 0.15) is 0 Å². The summed E-state index contributed by atoms with van der Waals surface area (Å²) in [6.45, 7) is 0. The van der Waals surface area contributed by atoms with Gasteiger partial charge in [-0.15, -0.1) is 0 Å². The second kappa shape index (κ2) is 4.73. The molecule has 66 valence electrons. The summed E-state index contributed by atoms with van der Waals surface area (Å²) in [7, 11) is 4.14. The Labute approximate surface area is 69.8 Å². The van der Waals surface area contributed by atoms with Gasteiger partial charge in [-0.25, -0.2) is 0 Å². The fraction of sp³-hybridized carbons (Fsp3) is 1.00. The quantitative estimate of drug-likeness (QED) is 0.586. The molecule has 1 aliphatic carbocycles. The number of hydrogen-bond donors (Lipinski definition) is 2. The van der Waals surface area contributed by atoms with E-state index in [1.807, 2.05) is 0 Å². The summed E-state index contributed by atoms with van der Waals surface area (Å²) in [5, 5.41) is 6.76. The Balaban J connectivity index is 2.41. The molecule has 1 fully saturated rings. The second-order valence-electron chi connectivity index (χ2n) is 3.43. The molecule has 0 aromatic rings. The maximum Gasteiger partial charge on any atom is 0.0218 e. The van der Waals surface area contributed by atoms with E-state index in [4.69, 9.17) is 0 Å². The summed E-state index contributed by atoms with van der Waals surface area (Å²) >= 11 is 0. The van der Waals surface area contributed by atoms with Gasteiger partial charge < -0.3 is 10.6 Å². The van der Waals surface area contributed by atoms with Crippen LogP contribution >= 0.6 is 0 Å². The molecule has 1 rings (SSSR count). The highest BCUT2D eigenvalue weighted by Gasteiger charge is 2.19. The Kier molecular flexibility index (Phi) is 3.87. The van der Waals surface area contributed by atoms with Crippen LogP contribution in [0.15, 0.2) is 0 Å². The van der Waals surface area contributed by atoms with Crippen molar-refractivity contribution < 1.29 is 0 Å². The molecule has 2 nitrogen and oxygen atoms in total. The molecular formula is C9H20N2. The standard InChI is InChI=1S/C9H20N2/c1-10-8-6-4-3-5-7-9(8)11-2/h8-11H,3-7H2,1-2H3/t8-,9-/m1/s1. The van der Waals surface area contributed by atoms with E-state index >= 15 is 0 Å². The van der Waals surface area contributed by atoms with E-state index in [2.05, 4.69) is 24.7 Å². The van der Waals surface area contributed by atoms with Gasteiger partial charge in [-0.2, -0.15) is 0 Å². The zero-order valence-corrected chi connectivity index (χ0v) is 7.69. The van der Waals surface area contributed by atoms with E-state index in [0.29, 0.717) is 12.1 Å². The van der Waals surface area contributed by atoms with Crippen LogP contribution in [0, 0.1) is 0 Å². The first kappa shape index (κ1) is 9.01. The van der Waals surface area contributed by atoms with Gasteiger partial charge >= 0.3 is 0 Å². The van der Waals surface area contributed by atoms with Crippen LogP contribution in [0.3, 0.4) is 0 Å². The Hall–Kier alpha value is -0.0800. The molecule has 0 aliphatic heterocycles. The van der Waals surface area contributed by atoms with Crippen molar-refractivity contribution in [2.45, 2.75) is 44.2 Å². The fourth-order valence-electron chi connectivity index (χ4n) is 2.00. The van der Waals surface area contributed by atoms with Gasteiger partial charge in [0.15, 0.2) is 0 Å². The molecule has 2 heteroatoms. The van der Waals surface area contributed by atoms with Crippen LogP contribution in [0.2, 0.25) is 0 Å². The lowest BCUT2D eigenvalue weighted by molar-refractivity contribution is 0.389. The fourth-order valence-corrected chi connectivity index (χ4v) is 2.00. The predicted molar refractivity (Wildman–Crippen MR) is 48.8 cm³/mol. The van der Waals surface area contributed by atoms with Gasteiger partial charge in [0, 0.05) is 12.1 Å². The number of nitrogens with one attached hydrogen (secondary N) is 2. The van der Waals surface area contributed by atoms with Crippen LogP contribution in [-0.2, 0) is 0 Å². The van der Waals surface area contributed by atoms with Crippen molar-refractivity contribution in [2.75, 3.05) is 14.1 Å². The minimum Gasteiger partial charge on any atom is -0.315 e. The van der Waals surface area contributed by atoms with Gasteiger partial charge in [-0.1, -0.05) is 19.3 Å². The predicted octanol–water partition coefficient (Wildman–Crippen LogP) is 1.13. The summed E-state index contributed by atoms with van der Waals surface area (Å²) in [5.41, 5.74) is 0. The van der Waals surface area contributed by atoms with Gasteiger partial charge in [-0.05, 0) is 26.9 Å². The molecule has 0 radical (unpaired) electrons. The monoisotopic (exact) mass is 156 g/mol. The highest BCUT2D eigenvalue weighted by Crippen LogP contribution is 2.17. The molecule has 0 bridgehead atoms. The van der Waals surface area contributed by atoms with Gasteiger partial charge in [0.2, 0.25) is 0 Å². The van der Waals surface area contributed by atoms with E-state index in [0.717, 1.165) is 0 Å². The lowest BCUT2D eigenvalue weighted by atomic mass is 10.0. The first-order valence-corrected chi connectivity index (χ1v) is 4.73. The maximum atomic E-state index is 3.38. The van der Waals surface area contributed by atoms with Gasteiger partial charge in [0.25, 0.3) is 0 Å². The molecule has 0 aromatic carbocycles. The molecule has 11 heavy (non-hydrogen) atoms. The van der Waals surface area contributed by atoms with E-state index < -0.39 is 0 Å². The van der Waals surface area contributed by atoms with Crippen molar-refractivity contribution in [3.05, 3.63) is 0 Å². The number of likely N-dealkylation sites (N-methyl/N-ethyl adjacent to an activating group) is 2. The topological polar surface area (TPSA) is 24.1 Å². The first-order valence-electron chi connectivity index (χ1n) is 4.73. The van der Waals surface area contributed by atoms with Crippen LogP contribution < -0.4 is 10.6 Å². The number of hydrogen-bond acceptors (Lipinski definition) is 2. The van der Waals surface area contributed by atoms with Crippen molar-refractivity contribution in [3.63, 3.8) is 0 Å². The lowest BCUT2D eigenvalue weighted by Gasteiger charge is -2.23. The molecule has 2 atom stereocenters. The molecule has 2 N–H and O–H groups in total. The molecule has 0 unspecified atom stereocenters. The lowest BCUT2D eigenvalue weighted by Crippen LogP contribution is -2.44. The van der Waals surface area contributed by atoms with Crippen LogP contribution in [-0.4, -0.2) is 26.2 Å². The molecule has 0 spiro atoms. The minimum atomic E-state index is 0.697. The first-order chi connectivity index (χ1) is 5.38. The van der Waals surface area contributed by atoms with Crippen molar-refractivity contribution in [1.82, 2.24) is 10.6 Å². The summed E-state index contributed by atoms with van der Waals surface area (Å²) in [6.07, 6.45) is 6.87. The van der Waals surface area contributed by atoms with E-state index in [9.17, 15) is 0 Å². The van der Waals surface area contributed by atoms with Crippen LogP contribution in [0.5, 0.6) is 0 Å². The third-order valence-electron chi connectivity index (χ3n) is 2.76.